The van der Waals surface area contributed by atoms with E-state index in [-0.39, 0.29) is 50.3 Å². The quantitative estimate of drug-likeness (QED) is 0.473. The molecule has 2 aliphatic rings. The first kappa shape index (κ1) is 29.4. The second kappa shape index (κ2) is 12.7. The number of amides is 3. The smallest absolute Gasteiger partial charge is 0.417 e. The van der Waals surface area contributed by atoms with Gasteiger partial charge in [-0.3, -0.25) is 19.3 Å². The molecule has 1 fully saturated rings. The number of benzene rings is 2. The minimum absolute atomic E-state index is 0.0178. The number of para-hydroxylation sites is 1. The summed E-state index contributed by atoms with van der Waals surface area (Å²) in [4.78, 5) is 40.5. The number of rotatable bonds is 3. The summed E-state index contributed by atoms with van der Waals surface area (Å²) in [5.41, 5.74) is -1.47. The van der Waals surface area contributed by atoms with E-state index in [1.165, 1.54) is 6.07 Å². The Morgan fingerprint density at radius 2 is 1.88 bits per heavy atom. The summed E-state index contributed by atoms with van der Waals surface area (Å²) in [6.45, 7) is 1.38. The molecular weight excluding hydrogens is 549 g/mol. The molecule has 2 aromatic rings. The lowest BCUT2D eigenvalue weighted by molar-refractivity contribution is -0.137. The first-order valence-electron chi connectivity index (χ1n) is 12.9. The van der Waals surface area contributed by atoms with E-state index in [1.54, 1.807) is 30.3 Å². The van der Waals surface area contributed by atoms with Crippen LogP contribution in [-0.4, -0.2) is 62.0 Å². The van der Waals surface area contributed by atoms with Gasteiger partial charge in [-0.1, -0.05) is 35.9 Å². The van der Waals surface area contributed by atoms with Gasteiger partial charge in [0.05, 0.1) is 28.1 Å². The molecular formula is C28H30ClF3N4O4. The van der Waals surface area contributed by atoms with E-state index in [2.05, 4.69) is 16.0 Å². The third-order valence-corrected chi connectivity index (χ3v) is 7.23. The molecule has 0 aliphatic carbocycles. The second-order valence-corrected chi connectivity index (χ2v) is 10.2. The van der Waals surface area contributed by atoms with Gasteiger partial charge in [-0.05, 0) is 56.1 Å². The lowest BCUT2D eigenvalue weighted by Crippen LogP contribution is -2.53. The van der Waals surface area contributed by atoms with E-state index in [1.807, 2.05) is 11.0 Å². The summed E-state index contributed by atoms with van der Waals surface area (Å²) < 4.78 is 45.4. The van der Waals surface area contributed by atoms with Gasteiger partial charge in [0.2, 0.25) is 11.8 Å². The minimum Gasteiger partial charge on any atom is -0.489 e. The molecule has 40 heavy (non-hydrogen) atoms. The predicted octanol–water partition coefficient (Wildman–Crippen LogP) is 4.26. The second-order valence-electron chi connectivity index (χ2n) is 9.83. The number of hydrogen-bond donors (Lipinski definition) is 3. The number of alkyl halides is 3. The molecule has 1 spiro atoms. The molecule has 0 radical (unpaired) electrons. The highest BCUT2D eigenvalue weighted by Crippen LogP contribution is 2.37. The molecule has 2 heterocycles. The summed E-state index contributed by atoms with van der Waals surface area (Å²) in [6, 6.07) is 10.1. The van der Waals surface area contributed by atoms with Crippen molar-refractivity contribution in [2.45, 2.75) is 25.4 Å². The van der Waals surface area contributed by atoms with Crippen molar-refractivity contribution in [3.63, 3.8) is 0 Å². The number of nitrogens with zero attached hydrogens (tertiary/aromatic N) is 1. The molecule has 1 atom stereocenters. The Hall–Kier alpha value is -3.57. The summed E-state index contributed by atoms with van der Waals surface area (Å²) in [5, 5.41) is 7.75. The molecule has 0 aromatic heterocycles. The van der Waals surface area contributed by atoms with Gasteiger partial charge in [0, 0.05) is 25.3 Å². The molecule has 2 aliphatic heterocycles. The van der Waals surface area contributed by atoms with Crippen molar-refractivity contribution < 1.29 is 32.3 Å². The molecule has 2 aromatic carbocycles. The number of halogens is 4. The number of hydrogen-bond acceptors (Lipinski definition) is 5. The fourth-order valence-corrected chi connectivity index (χ4v) is 5.19. The van der Waals surface area contributed by atoms with Crippen LogP contribution in [-0.2, 0) is 15.8 Å². The van der Waals surface area contributed by atoms with Crippen LogP contribution in [0.15, 0.2) is 54.6 Å². The van der Waals surface area contributed by atoms with Crippen LogP contribution in [0, 0.1) is 5.41 Å². The molecule has 1 unspecified atom stereocenters. The number of piperidine rings is 1. The number of carbonyl (C=O) groups is 3. The van der Waals surface area contributed by atoms with Crippen LogP contribution in [0.3, 0.4) is 0 Å². The van der Waals surface area contributed by atoms with E-state index in [0.717, 1.165) is 12.1 Å². The van der Waals surface area contributed by atoms with Gasteiger partial charge in [-0.2, -0.15) is 13.2 Å². The van der Waals surface area contributed by atoms with Crippen molar-refractivity contribution >= 4 is 35.0 Å². The molecule has 3 N–H and O–H groups in total. The van der Waals surface area contributed by atoms with Gasteiger partial charge in [0.15, 0.2) is 0 Å². The van der Waals surface area contributed by atoms with Crippen molar-refractivity contribution in [2.24, 2.45) is 5.41 Å². The number of likely N-dealkylation sites (tertiary alicyclic amines) is 1. The SMILES string of the molecule is O=C(CN1CCCC2(C/C=C\COc3ccccc3C(=O)NCCNC2=O)C1)Nc1ccc(Cl)c(C(F)(F)F)c1. The lowest BCUT2D eigenvalue weighted by atomic mass is 9.76. The number of nitrogens with one attached hydrogen (secondary N) is 3. The van der Waals surface area contributed by atoms with Gasteiger partial charge in [0.1, 0.15) is 12.4 Å². The number of ether oxygens (including phenoxy) is 1. The summed E-state index contributed by atoms with van der Waals surface area (Å²) >= 11 is 5.67. The minimum atomic E-state index is -4.65. The zero-order chi connectivity index (χ0) is 28.8. The average Bonchev–Trinajstić information content (AvgIpc) is 2.91. The van der Waals surface area contributed by atoms with Gasteiger partial charge < -0.3 is 20.7 Å². The molecule has 0 saturated carbocycles. The summed E-state index contributed by atoms with van der Waals surface area (Å²) in [5.74, 6) is -0.543. The van der Waals surface area contributed by atoms with Crippen LogP contribution in [0.5, 0.6) is 5.75 Å². The third-order valence-electron chi connectivity index (χ3n) is 6.90. The summed E-state index contributed by atoms with van der Waals surface area (Å²) in [7, 11) is 0. The van der Waals surface area contributed by atoms with Gasteiger partial charge in [0.25, 0.3) is 5.91 Å². The van der Waals surface area contributed by atoms with Crippen LogP contribution >= 0.6 is 11.6 Å². The Labute approximate surface area is 234 Å². The standard InChI is InChI=1S/C28H30ClF3N4O4/c29-22-9-8-19(16-21(22)28(30,31)32)35-24(37)17-36-14-5-11-27(18-36)10-3-4-15-40-23-7-2-1-6-20(23)25(38)33-12-13-34-26(27)39/h1-4,6-9,16H,5,10-15,17-18H2,(H,33,38)(H,34,39)(H,35,37)/b4-3-. The molecule has 214 valence electrons. The Morgan fingerprint density at radius 3 is 2.67 bits per heavy atom. The fourth-order valence-electron chi connectivity index (χ4n) is 4.96. The van der Waals surface area contributed by atoms with E-state index >= 15 is 0 Å². The van der Waals surface area contributed by atoms with Crippen molar-refractivity contribution in [2.75, 3.05) is 44.6 Å². The van der Waals surface area contributed by atoms with Crippen LogP contribution in [0.4, 0.5) is 18.9 Å². The first-order chi connectivity index (χ1) is 19.1. The highest BCUT2D eigenvalue weighted by molar-refractivity contribution is 6.31. The Balaban J connectivity index is 1.44. The molecule has 8 nitrogen and oxygen atoms in total. The number of allylic oxidation sites excluding steroid dienone is 1. The number of anilines is 1. The predicted molar refractivity (Wildman–Crippen MR) is 144 cm³/mol. The number of fused-ring (bicyclic) bond motifs is 1. The van der Waals surface area contributed by atoms with Crippen LogP contribution in [0.25, 0.3) is 0 Å². The van der Waals surface area contributed by atoms with Crippen molar-refractivity contribution in [1.29, 1.82) is 0 Å². The normalized spacial score (nSPS) is 21.8. The maximum absolute atomic E-state index is 13.4. The molecule has 1 saturated heterocycles. The summed E-state index contributed by atoms with van der Waals surface area (Å²) in [6.07, 6.45) is 0.642. The Bertz CT molecular complexity index is 1290. The van der Waals surface area contributed by atoms with E-state index in [9.17, 15) is 27.6 Å². The van der Waals surface area contributed by atoms with Crippen LogP contribution in [0.2, 0.25) is 5.02 Å². The third kappa shape index (κ3) is 7.33. The van der Waals surface area contributed by atoms with Crippen LogP contribution < -0.4 is 20.7 Å². The van der Waals surface area contributed by atoms with Crippen molar-refractivity contribution in [3.8, 4) is 5.75 Å². The highest BCUT2D eigenvalue weighted by atomic mass is 35.5. The molecule has 12 heteroatoms. The molecule has 4 rings (SSSR count). The topological polar surface area (TPSA) is 99.8 Å². The van der Waals surface area contributed by atoms with E-state index in [0.29, 0.717) is 37.1 Å². The fraction of sp³-hybridized carbons (Fsp3) is 0.393. The largest absolute Gasteiger partial charge is 0.489 e. The van der Waals surface area contributed by atoms with E-state index in [4.69, 9.17) is 16.3 Å². The highest BCUT2D eigenvalue weighted by Gasteiger charge is 2.41. The van der Waals surface area contributed by atoms with Gasteiger partial charge >= 0.3 is 6.18 Å². The van der Waals surface area contributed by atoms with Gasteiger partial charge in [-0.25, -0.2) is 0 Å². The van der Waals surface area contributed by atoms with Gasteiger partial charge in [-0.15, -0.1) is 0 Å². The first-order valence-corrected chi connectivity index (χ1v) is 13.3. The van der Waals surface area contributed by atoms with Crippen molar-refractivity contribution in [3.05, 3.63) is 70.8 Å². The Kier molecular flexibility index (Phi) is 9.36. The molecule has 0 bridgehead atoms. The maximum atomic E-state index is 13.4. The Morgan fingerprint density at radius 1 is 1.10 bits per heavy atom. The lowest BCUT2D eigenvalue weighted by Gasteiger charge is -2.41. The monoisotopic (exact) mass is 578 g/mol. The molecule has 3 amide bonds. The van der Waals surface area contributed by atoms with Crippen LogP contribution in [0.1, 0.15) is 35.2 Å². The van der Waals surface area contributed by atoms with Crippen molar-refractivity contribution in [1.82, 2.24) is 15.5 Å². The van der Waals surface area contributed by atoms with E-state index < -0.39 is 28.1 Å². The zero-order valence-electron chi connectivity index (χ0n) is 21.7. The number of carbonyl (C=O) groups excluding carboxylic acids is 3. The average molecular weight is 579 g/mol. The zero-order valence-corrected chi connectivity index (χ0v) is 22.4. The maximum Gasteiger partial charge on any atom is 0.417 e.